The summed E-state index contributed by atoms with van der Waals surface area (Å²) in [6.45, 7) is 7.62. The van der Waals surface area contributed by atoms with E-state index in [1.165, 1.54) is 49.2 Å². The Bertz CT molecular complexity index is 2950. The maximum Gasteiger partial charge on any atom is 0.187 e. The standard InChI is InChI=1S/C45H27N3/c1-46-32-23-20-29-18-19-30-21-24-34(28-41(30)40(29)27-32)47-42-16-7-5-12-36(42)38-25-22-31(26-44(38)47)35-14-9-15-39-37-13-6-8-17-43(37)48(45(35)39)33-10-3-2-4-11-33/h2-28H. The molecule has 0 saturated carbocycles. The van der Waals surface area contributed by atoms with Crippen LogP contribution in [0.3, 0.4) is 0 Å². The molecule has 3 nitrogen and oxygen atoms in total. The zero-order chi connectivity index (χ0) is 31.8. The second kappa shape index (κ2) is 10.2. The molecule has 0 aliphatic heterocycles. The lowest BCUT2D eigenvalue weighted by molar-refractivity contribution is 1.18. The van der Waals surface area contributed by atoms with Gasteiger partial charge in [0.05, 0.1) is 28.6 Å². The predicted octanol–water partition coefficient (Wildman–Crippen LogP) is 12.4. The van der Waals surface area contributed by atoms with Crippen LogP contribution in [0.5, 0.6) is 0 Å². The summed E-state index contributed by atoms with van der Waals surface area (Å²) in [4.78, 5) is 3.72. The molecule has 0 fully saturated rings. The molecule has 0 N–H and O–H groups in total. The van der Waals surface area contributed by atoms with Gasteiger partial charge in [-0.15, -0.1) is 0 Å². The van der Waals surface area contributed by atoms with Crippen molar-refractivity contribution >= 4 is 70.8 Å². The van der Waals surface area contributed by atoms with Crippen LogP contribution in [-0.4, -0.2) is 9.13 Å². The third-order valence-electron chi connectivity index (χ3n) is 9.89. The number of hydrogen-bond donors (Lipinski definition) is 0. The third-order valence-corrected chi connectivity index (χ3v) is 9.89. The van der Waals surface area contributed by atoms with Crippen LogP contribution in [0.25, 0.3) is 92.5 Å². The second-order valence-corrected chi connectivity index (χ2v) is 12.5. The highest BCUT2D eigenvalue weighted by Gasteiger charge is 2.18. The molecule has 0 atom stereocenters. The van der Waals surface area contributed by atoms with Crippen molar-refractivity contribution in [3.05, 3.63) is 175 Å². The van der Waals surface area contributed by atoms with Gasteiger partial charge in [-0.3, -0.25) is 0 Å². The molecule has 10 aromatic rings. The topological polar surface area (TPSA) is 14.2 Å². The average Bonchev–Trinajstić information content (AvgIpc) is 3.67. The van der Waals surface area contributed by atoms with E-state index < -0.39 is 0 Å². The monoisotopic (exact) mass is 609 g/mol. The molecule has 0 radical (unpaired) electrons. The zero-order valence-corrected chi connectivity index (χ0v) is 25.9. The Morgan fingerprint density at radius 3 is 1.81 bits per heavy atom. The van der Waals surface area contributed by atoms with Crippen LogP contribution in [0.2, 0.25) is 0 Å². The first-order chi connectivity index (χ1) is 23.8. The van der Waals surface area contributed by atoms with E-state index in [1.807, 2.05) is 12.1 Å². The van der Waals surface area contributed by atoms with Crippen molar-refractivity contribution in [1.29, 1.82) is 0 Å². The van der Waals surface area contributed by atoms with Crippen LogP contribution in [0, 0.1) is 6.57 Å². The molecule has 2 heterocycles. The normalized spacial score (nSPS) is 11.7. The fraction of sp³-hybridized carbons (Fsp3) is 0. The fourth-order valence-electron chi connectivity index (χ4n) is 7.75. The van der Waals surface area contributed by atoms with Crippen molar-refractivity contribution in [3.8, 4) is 22.5 Å². The van der Waals surface area contributed by atoms with E-state index >= 15 is 0 Å². The van der Waals surface area contributed by atoms with Gasteiger partial charge in [0.2, 0.25) is 0 Å². The van der Waals surface area contributed by atoms with E-state index in [9.17, 15) is 0 Å². The molecular weight excluding hydrogens is 583 g/mol. The lowest BCUT2D eigenvalue weighted by Gasteiger charge is -2.13. The number of benzene rings is 8. The summed E-state index contributed by atoms with van der Waals surface area (Å²) in [7, 11) is 0. The summed E-state index contributed by atoms with van der Waals surface area (Å²) in [5, 5.41) is 9.49. The van der Waals surface area contributed by atoms with E-state index in [0.29, 0.717) is 5.69 Å². The Morgan fingerprint density at radius 2 is 1.02 bits per heavy atom. The highest BCUT2D eigenvalue weighted by Crippen LogP contribution is 2.41. The first-order valence-electron chi connectivity index (χ1n) is 16.2. The van der Waals surface area contributed by atoms with Gasteiger partial charge in [-0.2, -0.15) is 0 Å². The van der Waals surface area contributed by atoms with Gasteiger partial charge in [-0.25, -0.2) is 4.85 Å². The lowest BCUT2D eigenvalue weighted by atomic mass is 10.00. The van der Waals surface area contributed by atoms with E-state index in [4.69, 9.17) is 6.57 Å². The first kappa shape index (κ1) is 26.6. The summed E-state index contributed by atoms with van der Waals surface area (Å²) in [6.07, 6.45) is 0. The fourth-order valence-corrected chi connectivity index (χ4v) is 7.75. The van der Waals surface area contributed by atoms with E-state index in [-0.39, 0.29) is 0 Å². The van der Waals surface area contributed by atoms with Crippen LogP contribution in [0.4, 0.5) is 5.69 Å². The molecular formula is C45H27N3. The van der Waals surface area contributed by atoms with Crippen molar-refractivity contribution in [2.24, 2.45) is 0 Å². The average molecular weight is 610 g/mol. The number of para-hydroxylation sites is 4. The second-order valence-electron chi connectivity index (χ2n) is 12.5. The van der Waals surface area contributed by atoms with Gasteiger partial charge < -0.3 is 9.13 Å². The highest BCUT2D eigenvalue weighted by atomic mass is 15.0. The Balaban J connectivity index is 1.27. The maximum atomic E-state index is 7.62. The van der Waals surface area contributed by atoms with Gasteiger partial charge >= 0.3 is 0 Å². The minimum Gasteiger partial charge on any atom is -0.309 e. The molecule has 0 unspecified atom stereocenters. The molecule has 0 aliphatic rings. The van der Waals surface area contributed by atoms with Gasteiger partial charge in [0.15, 0.2) is 5.69 Å². The molecule has 2 aromatic heterocycles. The number of fused-ring (bicyclic) bond motifs is 9. The van der Waals surface area contributed by atoms with Crippen molar-refractivity contribution in [3.63, 3.8) is 0 Å². The van der Waals surface area contributed by atoms with Crippen LogP contribution in [-0.2, 0) is 0 Å². The molecule has 0 saturated heterocycles. The number of hydrogen-bond acceptors (Lipinski definition) is 0. The van der Waals surface area contributed by atoms with Gasteiger partial charge in [0.25, 0.3) is 0 Å². The smallest absolute Gasteiger partial charge is 0.187 e. The van der Waals surface area contributed by atoms with Crippen LogP contribution in [0.1, 0.15) is 0 Å². The molecule has 3 heteroatoms. The summed E-state index contributed by atoms with van der Waals surface area (Å²) >= 11 is 0. The molecule has 222 valence electrons. The number of rotatable bonds is 3. The Hall–Kier alpha value is -6.63. The van der Waals surface area contributed by atoms with Crippen molar-refractivity contribution in [2.75, 3.05) is 0 Å². The SMILES string of the molecule is [C-]#[N+]c1ccc2ccc3ccc(-n4c5ccccc5c5ccc(-c6cccc7c8ccccc8n(-c8ccccc8)c67)cc54)cc3c2c1. The molecule has 10 rings (SSSR count). The van der Waals surface area contributed by atoms with E-state index in [1.54, 1.807) is 0 Å². The molecule has 0 aliphatic carbocycles. The van der Waals surface area contributed by atoms with Gasteiger partial charge in [-0.1, -0.05) is 115 Å². The quantitative estimate of drug-likeness (QED) is 0.140. The summed E-state index contributed by atoms with van der Waals surface area (Å²) in [5.74, 6) is 0. The number of aromatic nitrogens is 2. The molecule has 0 spiro atoms. The van der Waals surface area contributed by atoms with Crippen LogP contribution >= 0.6 is 0 Å². The third kappa shape index (κ3) is 3.81. The van der Waals surface area contributed by atoms with Crippen LogP contribution < -0.4 is 0 Å². The molecule has 0 amide bonds. The molecule has 48 heavy (non-hydrogen) atoms. The minimum absolute atomic E-state index is 0.656. The maximum absolute atomic E-state index is 7.62. The summed E-state index contributed by atoms with van der Waals surface area (Å²) in [6, 6.07) is 58.7. The Morgan fingerprint density at radius 1 is 0.396 bits per heavy atom. The predicted molar refractivity (Wildman–Crippen MR) is 202 cm³/mol. The summed E-state index contributed by atoms with van der Waals surface area (Å²) < 4.78 is 4.81. The minimum atomic E-state index is 0.656. The van der Waals surface area contributed by atoms with Gasteiger partial charge in [0, 0.05) is 38.5 Å². The van der Waals surface area contributed by atoms with Gasteiger partial charge in [-0.05, 0) is 75.6 Å². The van der Waals surface area contributed by atoms with Crippen molar-refractivity contribution in [1.82, 2.24) is 9.13 Å². The highest BCUT2D eigenvalue weighted by molar-refractivity contribution is 6.16. The number of nitrogens with zero attached hydrogens (tertiary/aromatic N) is 3. The first-order valence-corrected chi connectivity index (χ1v) is 16.2. The van der Waals surface area contributed by atoms with E-state index in [0.717, 1.165) is 38.4 Å². The lowest BCUT2D eigenvalue weighted by Crippen LogP contribution is -1.96. The summed E-state index contributed by atoms with van der Waals surface area (Å²) in [5.41, 5.74) is 10.0. The van der Waals surface area contributed by atoms with E-state index in [2.05, 4.69) is 166 Å². The Kier molecular flexibility index (Phi) is 5.64. The zero-order valence-electron chi connectivity index (χ0n) is 25.9. The van der Waals surface area contributed by atoms with Crippen molar-refractivity contribution < 1.29 is 0 Å². The van der Waals surface area contributed by atoms with Crippen molar-refractivity contribution in [2.45, 2.75) is 0 Å². The van der Waals surface area contributed by atoms with Gasteiger partial charge in [0.1, 0.15) is 0 Å². The molecule has 8 aromatic carbocycles. The largest absolute Gasteiger partial charge is 0.309 e. The van der Waals surface area contributed by atoms with Crippen LogP contribution in [0.15, 0.2) is 164 Å². The molecule has 0 bridgehead atoms. The Labute approximate surface area is 276 Å².